The molecule has 0 bridgehead atoms. The zero-order valence-corrected chi connectivity index (χ0v) is 12.2. The van der Waals surface area contributed by atoms with Crippen molar-refractivity contribution >= 4 is 5.78 Å². The van der Waals surface area contributed by atoms with E-state index in [9.17, 15) is 9.18 Å². The van der Waals surface area contributed by atoms with Crippen molar-refractivity contribution in [3.63, 3.8) is 0 Å². The number of carbonyl (C=O) groups is 1. The van der Waals surface area contributed by atoms with Crippen LogP contribution in [0.25, 0.3) is 0 Å². The number of hydrogen-bond acceptors (Lipinski definition) is 2. The van der Waals surface area contributed by atoms with Gasteiger partial charge in [-0.25, -0.2) is 4.39 Å². The molecule has 0 unspecified atom stereocenters. The third-order valence-electron chi connectivity index (χ3n) is 3.05. The summed E-state index contributed by atoms with van der Waals surface area (Å²) in [6.07, 6.45) is 3.81. The van der Waals surface area contributed by atoms with Gasteiger partial charge in [-0.2, -0.15) is 0 Å². The molecule has 2 nitrogen and oxygen atoms in total. The maximum Gasteiger partial charge on any atom is 0.188 e. The lowest BCUT2D eigenvalue weighted by Gasteiger charge is -2.07. The van der Waals surface area contributed by atoms with Crippen molar-refractivity contribution in [3.05, 3.63) is 46.8 Å². The molecule has 1 aromatic carbocycles. The summed E-state index contributed by atoms with van der Waals surface area (Å²) in [5.41, 5.74) is 1.66. The van der Waals surface area contributed by atoms with Gasteiger partial charge in [0, 0.05) is 5.56 Å². The van der Waals surface area contributed by atoms with Crippen molar-refractivity contribution < 1.29 is 9.18 Å². The Kier molecular flexibility index (Phi) is 5.90. The molecule has 104 valence electrons. The number of rotatable bonds is 6. The van der Waals surface area contributed by atoms with E-state index >= 15 is 0 Å². The SMILES string of the molecule is C/C(=C/CCCN(C)C)C(=O)c1ccc(C)c(F)c1. The summed E-state index contributed by atoms with van der Waals surface area (Å²) >= 11 is 0. The Balaban J connectivity index is 2.65. The summed E-state index contributed by atoms with van der Waals surface area (Å²) in [5, 5.41) is 0. The van der Waals surface area contributed by atoms with E-state index < -0.39 is 0 Å². The smallest absolute Gasteiger partial charge is 0.188 e. The van der Waals surface area contributed by atoms with Gasteiger partial charge in [-0.15, -0.1) is 0 Å². The lowest BCUT2D eigenvalue weighted by Crippen LogP contribution is -2.12. The molecule has 0 atom stereocenters. The number of Topliss-reactive ketones (excluding diaryl/α,β-unsaturated/α-hetero) is 1. The molecular weight excluding hydrogens is 241 g/mol. The summed E-state index contributed by atoms with van der Waals surface area (Å²) in [6.45, 7) is 4.47. The molecule has 0 saturated carbocycles. The topological polar surface area (TPSA) is 20.3 Å². The standard InChI is InChI=1S/C16H22FNO/c1-12-8-9-14(11-15(12)17)16(19)13(2)7-5-6-10-18(3)4/h7-9,11H,5-6,10H2,1-4H3/b13-7-. The number of allylic oxidation sites excluding steroid dienone is 2. The van der Waals surface area contributed by atoms with Crippen molar-refractivity contribution in [2.75, 3.05) is 20.6 Å². The quantitative estimate of drug-likeness (QED) is 0.444. The molecule has 0 N–H and O–H groups in total. The molecule has 3 heteroatoms. The van der Waals surface area contributed by atoms with Crippen LogP contribution in [0.3, 0.4) is 0 Å². The van der Waals surface area contributed by atoms with Crippen molar-refractivity contribution in [2.45, 2.75) is 26.7 Å². The van der Waals surface area contributed by atoms with Gasteiger partial charge >= 0.3 is 0 Å². The molecule has 0 radical (unpaired) electrons. The normalized spacial score (nSPS) is 12.0. The summed E-state index contributed by atoms with van der Waals surface area (Å²) in [7, 11) is 4.05. The fourth-order valence-electron chi connectivity index (χ4n) is 1.78. The molecule has 0 spiro atoms. The predicted octanol–water partition coefficient (Wildman–Crippen LogP) is 3.60. The van der Waals surface area contributed by atoms with Crippen LogP contribution in [0.1, 0.15) is 35.7 Å². The number of benzene rings is 1. The average Bonchev–Trinajstić information content (AvgIpc) is 2.36. The van der Waals surface area contributed by atoms with Gasteiger partial charge in [0.25, 0.3) is 0 Å². The van der Waals surface area contributed by atoms with Gasteiger partial charge < -0.3 is 4.90 Å². The van der Waals surface area contributed by atoms with E-state index in [2.05, 4.69) is 4.90 Å². The molecule has 19 heavy (non-hydrogen) atoms. The van der Waals surface area contributed by atoms with Crippen molar-refractivity contribution in [3.8, 4) is 0 Å². The molecule has 0 saturated heterocycles. The third-order valence-corrected chi connectivity index (χ3v) is 3.05. The Bertz CT molecular complexity index is 478. The zero-order valence-electron chi connectivity index (χ0n) is 12.2. The Hall–Kier alpha value is -1.48. The fourth-order valence-corrected chi connectivity index (χ4v) is 1.78. The Morgan fingerprint density at radius 1 is 1.37 bits per heavy atom. The highest BCUT2D eigenvalue weighted by molar-refractivity contribution is 6.08. The highest BCUT2D eigenvalue weighted by atomic mass is 19.1. The summed E-state index contributed by atoms with van der Waals surface area (Å²) < 4.78 is 13.4. The highest BCUT2D eigenvalue weighted by Gasteiger charge is 2.09. The number of carbonyl (C=O) groups excluding carboxylic acids is 1. The zero-order chi connectivity index (χ0) is 14.4. The Morgan fingerprint density at radius 2 is 2.05 bits per heavy atom. The molecule has 0 aliphatic carbocycles. The van der Waals surface area contributed by atoms with E-state index in [4.69, 9.17) is 0 Å². The maximum atomic E-state index is 13.4. The van der Waals surface area contributed by atoms with Crippen LogP contribution in [-0.2, 0) is 0 Å². The average molecular weight is 263 g/mol. The Morgan fingerprint density at radius 3 is 2.63 bits per heavy atom. The third kappa shape index (κ3) is 4.95. The van der Waals surface area contributed by atoms with Gasteiger partial charge in [0.05, 0.1) is 0 Å². The molecule has 0 aliphatic heterocycles. The minimum Gasteiger partial charge on any atom is -0.309 e. The molecule has 1 rings (SSSR count). The minimum absolute atomic E-state index is 0.0937. The van der Waals surface area contributed by atoms with Gasteiger partial charge in [0.1, 0.15) is 5.82 Å². The summed E-state index contributed by atoms with van der Waals surface area (Å²) in [6, 6.07) is 4.63. The minimum atomic E-state index is -0.328. The second-order valence-corrected chi connectivity index (χ2v) is 5.13. The van der Waals surface area contributed by atoms with E-state index in [1.807, 2.05) is 20.2 Å². The number of nitrogens with zero attached hydrogens (tertiary/aromatic N) is 1. The monoisotopic (exact) mass is 263 g/mol. The van der Waals surface area contributed by atoms with Gasteiger partial charge in [-0.05, 0) is 64.5 Å². The highest BCUT2D eigenvalue weighted by Crippen LogP contribution is 2.14. The predicted molar refractivity (Wildman–Crippen MR) is 77.0 cm³/mol. The number of aryl methyl sites for hydroxylation is 1. The molecule has 0 aliphatic rings. The lowest BCUT2D eigenvalue weighted by molar-refractivity contribution is 0.103. The summed E-state index contributed by atoms with van der Waals surface area (Å²) in [4.78, 5) is 14.2. The summed E-state index contributed by atoms with van der Waals surface area (Å²) in [5.74, 6) is -0.421. The maximum absolute atomic E-state index is 13.4. The van der Waals surface area contributed by atoms with E-state index in [1.165, 1.54) is 6.07 Å². The molecule has 0 heterocycles. The van der Waals surface area contributed by atoms with Gasteiger partial charge in [0.2, 0.25) is 0 Å². The van der Waals surface area contributed by atoms with E-state index in [1.54, 1.807) is 26.0 Å². The van der Waals surface area contributed by atoms with E-state index in [0.29, 0.717) is 16.7 Å². The van der Waals surface area contributed by atoms with Crippen molar-refractivity contribution in [1.29, 1.82) is 0 Å². The lowest BCUT2D eigenvalue weighted by atomic mass is 10.0. The van der Waals surface area contributed by atoms with Gasteiger partial charge in [-0.1, -0.05) is 18.2 Å². The second-order valence-electron chi connectivity index (χ2n) is 5.13. The first-order valence-electron chi connectivity index (χ1n) is 6.54. The van der Waals surface area contributed by atoms with Crippen LogP contribution >= 0.6 is 0 Å². The first kappa shape index (κ1) is 15.6. The van der Waals surface area contributed by atoms with Gasteiger partial charge in [-0.3, -0.25) is 4.79 Å². The second kappa shape index (κ2) is 7.19. The van der Waals surface area contributed by atoms with Crippen molar-refractivity contribution in [1.82, 2.24) is 4.90 Å². The van der Waals surface area contributed by atoms with Crippen LogP contribution in [0.5, 0.6) is 0 Å². The largest absolute Gasteiger partial charge is 0.309 e. The van der Waals surface area contributed by atoms with E-state index in [-0.39, 0.29) is 11.6 Å². The molecule has 0 amide bonds. The van der Waals surface area contributed by atoms with Crippen LogP contribution < -0.4 is 0 Å². The first-order chi connectivity index (χ1) is 8.91. The number of halogens is 1. The molecule has 0 aromatic heterocycles. The fraction of sp³-hybridized carbons (Fsp3) is 0.438. The van der Waals surface area contributed by atoms with Crippen LogP contribution in [0.2, 0.25) is 0 Å². The van der Waals surface area contributed by atoms with Crippen molar-refractivity contribution in [2.24, 2.45) is 0 Å². The van der Waals surface area contributed by atoms with Crippen LogP contribution in [0.4, 0.5) is 4.39 Å². The number of hydrogen-bond donors (Lipinski definition) is 0. The van der Waals surface area contributed by atoms with Crippen LogP contribution in [-0.4, -0.2) is 31.3 Å². The van der Waals surface area contributed by atoms with Crippen LogP contribution in [0.15, 0.2) is 29.8 Å². The molecule has 0 fully saturated rings. The van der Waals surface area contributed by atoms with E-state index in [0.717, 1.165) is 19.4 Å². The molecular formula is C16H22FNO. The molecule has 1 aromatic rings. The number of unbranched alkanes of at least 4 members (excludes halogenated alkanes) is 1. The number of ketones is 1. The Labute approximate surface area is 114 Å². The first-order valence-corrected chi connectivity index (χ1v) is 6.54. The van der Waals surface area contributed by atoms with Gasteiger partial charge in [0.15, 0.2) is 5.78 Å². The van der Waals surface area contributed by atoms with Crippen LogP contribution in [0, 0.1) is 12.7 Å².